The lowest BCUT2D eigenvalue weighted by atomic mass is 10.0. The molecule has 17 rings (SSSR count). The summed E-state index contributed by atoms with van der Waals surface area (Å²) < 4.78 is 11.5. The van der Waals surface area contributed by atoms with Crippen molar-refractivity contribution in [2.45, 2.75) is 0 Å². The van der Waals surface area contributed by atoms with Gasteiger partial charge in [0.05, 0.1) is 49.9 Å². The third-order valence-corrected chi connectivity index (χ3v) is 15.6. The van der Waals surface area contributed by atoms with Gasteiger partial charge >= 0.3 is 0 Å². The Bertz CT molecular complexity index is 4740. The van der Waals surface area contributed by atoms with E-state index in [0.29, 0.717) is 0 Å². The average Bonchev–Trinajstić information content (AvgIpc) is 4.29. The highest BCUT2D eigenvalue weighted by Crippen LogP contribution is 2.49. The van der Waals surface area contributed by atoms with Gasteiger partial charge in [-0.05, 0) is 109 Å². The van der Waals surface area contributed by atoms with Crippen LogP contribution >= 0.6 is 0 Å². The van der Waals surface area contributed by atoms with Crippen LogP contribution in [0, 0.1) is 0 Å². The first-order valence-electron chi connectivity index (χ1n) is 24.7. The van der Waals surface area contributed by atoms with E-state index in [1.807, 2.05) is 6.07 Å². The molecule has 0 aliphatic carbocycles. The van der Waals surface area contributed by atoms with Crippen LogP contribution in [0.2, 0.25) is 0 Å². The predicted octanol–water partition coefficient (Wildman–Crippen LogP) is 18.5. The molecule has 0 atom stereocenters. The first-order chi connectivity index (χ1) is 35.7. The summed E-state index contributed by atoms with van der Waals surface area (Å²) in [7, 11) is 0. The highest BCUT2D eigenvalue weighted by atomic mass is 16.3. The fraction of sp³-hybridized carbons (Fsp3) is 0. The number of para-hydroxylation sites is 6. The van der Waals surface area contributed by atoms with Gasteiger partial charge in [0.15, 0.2) is 0 Å². The van der Waals surface area contributed by atoms with E-state index >= 15 is 0 Å². The standard InChI is InChI=1S/C66H39N5O/c1-3-15-39(16-4-1)68(57-27-13-26-54-63(57)47-19-7-9-25-53(47)67-54)41-31-33-55-49(35-41)43-21-11-23-45-51-38-60-52(37-59(51)70(55)65(43)45)46-24-12-22-44-50-36-42(32-34-56(50)71(60)66(44)46)69(40-17-5-2-6-18-40)58-28-14-30-62-64(58)48-20-8-10-29-61(48)72-62/h1-38,67H. The number of aromatic nitrogens is 3. The van der Waals surface area contributed by atoms with E-state index in [9.17, 15) is 0 Å². The Morgan fingerprint density at radius 2 is 0.736 bits per heavy atom. The Morgan fingerprint density at radius 1 is 0.292 bits per heavy atom. The number of furan rings is 1. The SMILES string of the molecule is c1ccc(N(c2ccc3c(c2)c2cccc4c5cc6c(cc5n3c24)c2cccc3c4cc(N(c5ccccc5)c5cccc7oc8ccccc8c57)ccc4n6c32)c2cccc3[nH]c4ccccc4c23)cc1. The van der Waals surface area contributed by atoms with Crippen molar-refractivity contribution in [2.24, 2.45) is 0 Å². The van der Waals surface area contributed by atoms with Crippen LogP contribution < -0.4 is 9.80 Å². The number of nitrogens with one attached hydrogen (secondary N) is 1. The van der Waals surface area contributed by atoms with E-state index in [4.69, 9.17) is 4.42 Å². The number of H-pyrrole nitrogens is 1. The van der Waals surface area contributed by atoms with Crippen molar-refractivity contribution in [3.05, 3.63) is 231 Å². The lowest BCUT2D eigenvalue weighted by Crippen LogP contribution is -2.10. The molecule has 0 bridgehead atoms. The second-order valence-electron chi connectivity index (χ2n) is 19.3. The molecular formula is C66H39N5O. The summed E-state index contributed by atoms with van der Waals surface area (Å²) in [6.07, 6.45) is 0. The van der Waals surface area contributed by atoms with E-state index in [1.165, 1.54) is 87.0 Å². The third-order valence-electron chi connectivity index (χ3n) is 15.6. The van der Waals surface area contributed by atoms with E-state index in [-0.39, 0.29) is 0 Å². The molecule has 0 saturated heterocycles. The van der Waals surface area contributed by atoms with Gasteiger partial charge in [-0.2, -0.15) is 0 Å². The molecule has 0 amide bonds. The molecule has 0 saturated carbocycles. The summed E-state index contributed by atoms with van der Waals surface area (Å²) in [5, 5.41) is 14.6. The van der Waals surface area contributed by atoms with Gasteiger partial charge in [-0.25, -0.2) is 0 Å². The lowest BCUT2D eigenvalue weighted by molar-refractivity contribution is 0.669. The van der Waals surface area contributed by atoms with Crippen LogP contribution in [0.4, 0.5) is 34.1 Å². The number of aromatic amines is 1. The van der Waals surface area contributed by atoms with Crippen LogP contribution in [0.1, 0.15) is 0 Å². The number of rotatable bonds is 6. The zero-order valence-corrected chi connectivity index (χ0v) is 38.6. The number of fused-ring (bicyclic) bond motifs is 18. The van der Waals surface area contributed by atoms with E-state index in [1.54, 1.807) is 0 Å². The van der Waals surface area contributed by atoms with Crippen LogP contribution in [-0.2, 0) is 0 Å². The van der Waals surface area contributed by atoms with Crippen LogP contribution in [0.3, 0.4) is 0 Å². The maximum Gasteiger partial charge on any atom is 0.137 e. The largest absolute Gasteiger partial charge is 0.456 e. The van der Waals surface area contributed by atoms with Crippen molar-refractivity contribution >= 4 is 154 Å². The second kappa shape index (κ2) is 13.9. The zero-order chi connectivity index (χ0) is 46.8. The summed E-state index contributed by atoms with van der Waals surface area (Å²) >= 11 is 0. The highest BCUT2D eigenvalue weighted by molar-refractivity contribution is 6.29. The number of nitrogens with zero attached hydrogens (tertiary/aromatic N) is 4. The maximum absolute atomic E-state index is 6.42. The molecular weight excluding hydrogens is 879 g/mol. The third kappa shape index (κ3) is 4.97. The number of hydrogen-bond acceptors (Lipinski definition) is 3. The van der Waals surface area contributed by atoms with Crippen LogP contribution in [0.15, 0.2) is 235 Å². The van der Waals surface area contributed by atoms with Gasteiger partial charge in [-0.15, -0.1) is 0 Å². The van der Waals surface area contributed by atoms with Crippen LogP contribution in [0.5, 0.6) is 0 Å². The highest BCUT2D eigenvalue weighted by Gasteiger charge is 2.26. The predicted molar refractivity (Wildman–Crippen MR) is 302 cm³/mol. The number of anilines is 6. The number of hydrogen-bond donors (Lipinski definition) is 1. The first-order valence-corrected chi connectivity index (χ1v) is 24.7. The fourth-order valence-corrected chi connectivity index (χ4v) is 12.7. The van der Waals surface area contributed by atoms with Gasteiger partial charge in [0.2, 0.25) is 0 Å². The monoisotopic (exact) mass is 917 g/mol. The molecule has 0 unspecified atom stereocenters. The fourth-order valence-electron chi connectivity index (χ4n) is 12.7. The summed E-state index contributed by atoms with van der Waals surface area (Å²) in [6.45, 7) is 0. The molecule has 6 aromatic heterocycles. The molecule has 0 spiro atoms. The topological polar surface area (TPSA) is 44.2 Å². The average molecular weight is 918 g/mol. The molecule has 0 aliphatic rings. The van der Waals surface area contributed by atoms with E-state index < -0.39 is 0 Å². The second-order valence-corrected chi connectivity index (χ2v) is 19.3. The Morgan fingerprint density at radius 3 is 1.33 bits per heavy atom. The molecule has 0 aliphatic heterocycles. The van der Waals surface area contributed by atoms with Crippen LogP contribution in [-0.4, -0.2) is 13.8 Å². The molecule has 11 aromatic carbocycles. The van der Waals surface area contributed by atoms with Crippen molar-refractivity contribution in [2.75, 3.05) is 9.80 Å². The molecule has 17 aromatic rings. The van der Waals surface area contributed by atoms with E-state index in [0.717, 1.165) is 67.1 Å². The smallest absolute Gasteiger partial charge is 0.137 e. The zero-order valence-electron chi connectivity index (χ0n) is 38.6. The minimum absolute atomic E-state index is 0.876. The molecule has 6 heterocycles. The van der Waals surface area contributed by atoms with Gasteiger partial charge in [-0.3, -0.25) is 0 Å². The Labute approximate surface area is 410 Å². The van der Waals surface area contributed by atoms with Gasteiger partial charge in [-0.1, -0.05) is 121 Å². The summed E-state index contributed by atoms with van der Waals surface area (Å²) in [5.74, 6) is 0. The maximum atomic E-state index is 6.42. The van der Waals surface area contributed by atoms with Gasteiger partial charge in [0.25, 0.3) is 0 Å². The summed E-state index contributed by atoms with van der Waals surface area (Å²) in [4.78, 5) is 8.49. The van der Waals surface area contributed by atoms with Crippen molar-refractivity contribution < 1.29 is 4.42 Å². The van der Waals surface area contributed by atoms with Gasteiger partial charge < -0.3 is 28.0 Å². The summed E-state index contributed by atoms with van der Waals surface area (Å²) in [5.41, 5.74) is 18.0. The van der Waals surface area contributed by atoms with Crippen molar-refractivity contribution in [1.29, 1.82) is 0 Å². The molecule has 6 nitrogen and oxygen atoms in total. The minimum Gasteiger partial charge on any atom is -0.456 e. The normalized spacial score (nSPS) is 12.4. The molecule has 6 heteroatoms. The van der Waals surface area contributed by atoms with Gasteiger partial charge in [0.1, 0.15) is 11.2 Å². The van der Waals surface area contributed by atoms with Crippen molar-refractivity contribution in [3.8, 4) is 0 Å². The molecule has 0 fully saturated rings. The van der Waals surface area contributed by atoms with Crippen molar-refractivity contribution in [3.63, 3.8) is 0 Å². The van der Waals surface area contributed by atoms with Gasteiger partial charge in [0, 0.05) is 93.0 Å². The van der Waals surface area contributed by atoms with E-state index in [2.05, 4.69) is 248 Å². The Kier molecular flexibility index (Phi) is 7.38. The number of benzene rings is 11. The first kappa shape index (κ1) is 38.1. The molecule has 72 heavy (non-hydrogen) atoms. The quantitative estimate of drug-likeness (QED) is 0.181. The van der Waals surface area contributed by atoms with Crippen LogP contribution in [0.25, 0.3) is 120 Å². The lowest BCUT2D eigenvalue weighted by Gasteiger charge is -2.26. The summed E-state index contributed by atoms with van der Waals surface area (Å²) in [6, 6.07) is 84.1. The Hall–Kier alpha value is -9.78. The Balaban J connectivity index is 0.868. The van der Waals surface area contributed by atoms with Crippen molar-refractivity contribution in [1.82, 2.24) is 13.8 Å². The minimum atomic E-state index is 0.876. The molecule has 1 N–H and O–H groups in total. The molecule has 334 valence electrons. The molecule has 0 radical (unpaired) electrons.